The van der Waals surface area contributed by atoms with Gasteiger partial charge in [0, 0.05) is 23.7 Å². The molecule has 1 unspecified atom stereocenters. The summed E-state index contributed by atoms with van der Waals surface area (Å²) in [6, 6.07) is 0. The summed E-state index contributed by atoms with van der Waals surface area (Å²) in [4.78, 5) is 25.1. The molecular weight excluding hydrogens is 260 g/mol. The largest absolute Gasteiger partial charge is 0.299 e. The summed E-state index contributed by atoms with van der Waals surface area (Å²) in [6.45, 7) is 4.51. The lowest BCUT2D eigenvalue weighted by Crippen LogP contribution is -2.56. The minimum absolute atomic E-state index is 0.0535. The predicted octanol–water partition coefficient (Wildman–Crippen LogP) is 4.17. The number of fused-ring (bicyclic) bond motifs is 5. The van der Waals surface area contributed by atoms with Gasteiger partial charge in [-0.15, -0.1) is 0 Å². The Balaban J connectivity index is 1.70. The van der Waals surface area contributed by atoms with Crippen LogP contribution in [-0.4, -0.2) is 11.6 Å². The van der Waals surface area contributed by atoms with Crippen LogP contribution in [-0.2, 0) is 9.59 Å². The molecule has 4 saturated carbocycles. The smallest absolute Gasteiger partial charge is 0.139 e. The first-order chi connectivity index (χ1) is 9.98. The Morgan fingerprint density at radius 2 is 1.67 bits per heavy atom. The van der Waals surface area contributed by atoms with Crippen LogP contribution in [0.3, 0.4) is 0 Å². The third-order valence-corrected chi connectivity index (χ3v) is 8.17. The molecule has 0 aromatic heterocycles. The predicted molar refractivity (Wildman–Crippen MR) is 81.7 cm³/mol. The van der Waals surface area contributed by atoms with Crippen LogP contribution >= 0.6 is 0 Å². The zero-order valence-electron chi connectivity index (χ0n) is 13.5. The van der Waals surface area contributed by atoms with Crippen LogP contribution in [0.2, 0.25) is 0 Å². The molecule has 0 N–H and O–H groups in total. The Kier molecular flexibility index (Phi) is 2.94. The molecule has 4 fully saturated rings. The van der Waals surface area contributed by atoms with Crippen LogP contribution in [0.15, 0.2) is 0 Å². The molecule has 0 aliphatic heterocycles. The second-order valence-corrected chi connectivity index (χ2v) is 8.67. The van der Waals surface area contributed by atoms with E-state index in [1.54, 1.807) is 0 Å². The molecule has 0 bridgehead atoms. The Morgan fingerprint density at radius 1 is 0.857 bits per heavy atom. The van der Waals surface area contributed by atoms with Crippen molar-refractivity contribution in [2.24, 2.45) is 34.5 Å². The maximum Gasteiger partial charge on any atom is 0.139 e. The highest BCUT2D eigenvalue weighted by Crippen LogP contribution is 2.64. The average Bonchev–Trinajstić information content (AvgIpc) is 2.76. The zero-order chi connectivity index (χ0) is 14.8. The zero-order valence-corrected chi connectivity index (χ0v) is 13.5. The second kappa shape index (κ2) is 4.43. The van der Waals surface area contributed by atoms with E-state index in [9.17, 15) is 9.59 Å². The summed E-state index contributed by atoms with van der Waals surface area (Å²) in [7, 11) is 0. The number of hydrogen-bond acceptors (Lipinski definition) is 2. The van der Waals surface area contributed by atoms with Crippen molar-refractivity contribution >= 4 is 11.6 Å². The van der Waals surface area contributed by atoms with E-state index in [0.29, 0.717) is 35.2 Å². The highest BCUT2D eigenvalue weighted by Gasteiger charge is 2.61. The lowest BCUT2D eigenvalue weighted by molar-refractivity contribution is -0.156. The van der Waals surface area contributed by atoms with Crippen LogP contribution < -0.4 is 0 Å². The maximum atomic E-state index is 12.8. The van der Waals surface area contributed by atoms with E-state index in [2.05, 4.69) is 13.8 Å². The normalized spacial score (nSPS) is 53.0. The van der Waals surface area contributed by atoms with Gasteiger partial charge in [0.1, 0.15) is 11.6 Å². The number of ketones is 2. The molecule has 0 saturated heterocycles. The fraction of sp³-hybridized carbons (Fsp3) is 0.895. The fourth-order valence-electron chi connectivity index (χ4n) is 6.86. The molecule has 21 heavy (non-hydrogen) atoms. The summed E-state index contributed by atoms with van der Waals surface area (Å²) in [5.41, 5.74) is -0.115. The van der Waals surface area contributed by atoms with Crippen LogP contribution in [0.5, 0.6) is 0 Å². The van der Waals surface area contributed by atoms with Gasteiger partial charge in [0.2, 0.25) is 0 Å². The van der Waals surface area contributed by atoms with E-state index in [0.717, 1.165) is 38.5 Å². The standard InChI is InChI=1S/C19H28O2/c1-18-11-10-15-13(14(18)8-9-16(18)20)7-6-12-4-3-5-17(21)19(12,15)2/h12-15H,3-11H2,1-2H3/t12?,13-,14-,15+,18-,19-/m0/s1. The summed E-state index contributed by atoms with van der Waals surface area (Å²) >= 11 is 0. The molecule has 4 aliphatic rings. The van der Waals surface area contributed by atoms with Crippen molar-refractivity contribution in [2.75, 3.05) is 0 Å². The third-order valence-electron chi connectivity index (χ3n) is 8.17. The van der Waals surface area contributed by atoms with Crippen molar-refractivity contribution in [3.05, 3.63) is 0 Å². The SMILES string of the molecule is C[C@]12C(=O)CCCC1CC[C@@H]1[C@H]2CC[C@]2(C)C(=O)CC[C@@H]12. The van der Waals surface area contributed by atoms with E-state index in [4.69, 9.17) is 0 Å². The molecule has 6 atom stereocenters. The molecule has 4 aliphatic carbocycles. The molecular formula is C19H28O2. The number of carbonyl (C=O) groups excluding carboxylic acids is 2. The van der Waals surface area contributed by atoms with Crippen LogP contribution in [0.25, 0.3) is 0 Å². The number of Topliss-reactive ketones (excluding diaryl/α,β-unsaturated/α-hetero) is 2. The molecule has 2 nitrogen and oxygen atoms in total. The fourth-order valence-corrected chi connectivity index (χ4v) is 6.86. The highest BCUT2D eigenvalue weighted by atomic mass is 16.1. The molecule has 116 valence electrons. The lowest BCUT2D eigenvalue weighted by Gasteiger charge is -2.58. The lowest BCUT2D eigenvalue weighted by atomic mass is 9.45. The molecule has 0 spiro atoms. The first kappa shape index (κ1) is 14.0. The molecule has 0 radical (unpaired) electrons. The van der Waals surface area contributed by atoms with Gasteiger partial charge in [-0.05, 0) is 68.6 Å². The van der Waals surface area contributed by atoms with Crippen molar-refractivity contribution in [1.82, 2.24) is 0 Å². The van der Waals surface area contributed by atoms with E-state index in [-0.39, 0.29) is 10.8 Å². The minimum atomic E-state index is -0.0614. The monoisotopic (exact) mass is 288 g/mol. The number of carbonyl (C=O) groups is 2. The average molecular weight is 288 g/mol. The van der Waals surface area contributed by atoms with Crippen molar-refractivity contribution < 1.29 is 9.59 Å². The molecule has 2 heteroatoms. The van der Waals surface area contributed by atoms with Gasteiger partial charge >= 0.3 is 0 Å². The third kappa shape index (κ3) is 1.65. The summed E-state index contributed by atoms with van der Waals surface area (Å²) in [6.07, 6.45) is 9.69. The van der Waals surface area contributed by atoms with Gasteiger partial charge in [0.05, 0.1) is 0 Å². The van der Waals surface area contributed by atoms with Gasteiger partial charge in [-0.2, -0.15) is 0 Å². The quantitative estimate of drug-likeness (QED) is 0.670. The van der Waals surface area contributed by atoms with Gasteiger partial charge in [-0.25, -0.2) is 0 Å². The van der Waals surface area contributed by atoms with E-state index in [1.165, 1.54) is 19.3 Å². The maximum absolute atomic E-state index is 12.8. The minimum Gasteiger partial charge on any atom is -0.299 e. The molecule has 0 aromatic rings. The number of hydrogen-bond donors (Lipinski definition) is 0. The highest BCUT2D eigenvalue weighted by molar-refractivity contribution is 5.88. The summed E-state index contributed by atoms with van der Waals surface area (Å²) < 4.78 is 0. The van der Waals surface area contributed by atoms with Gasteiger partial charge in [0.25, 0.3) is 0 Å². The van der Waals surface area contributed by atoms with Gasteiger partial charge in [-0.3, -0.25) is 9.59 Å². The Morgan fingerprint density at radius 3 is 2.48 bits per heavy atom. The first-order valence-corrected chi connectivity index (χ1v) is 9.04. The van der Waals surface area contributed by atoms with Crippen LogP contribution in [0.1, 0.15) is 71.6 Å². The summed E-state index contributed by atoms with van der Waals surface area (Å²) in [5.74, 6) is 3.44. The molecule has 0 amide bonds. The number of rotatable bonds is 0. The van der Waals surface area contributed by atoms with Crippen LogP contribution in [0.4, 0.5) is 0 Å². The molecule has 4 rings (SSSR count). The summed E-state index contributed by atoms with van der Waals surface area (Å²) in [5, 5.41) is 0. The van der Waals surface area contributed by atoms with Gasteiger partial charge in [0.15, 0.2) is 0 Å². The van der Waals surface area contributed by atoms with Crippen molar-refractivity contribution in [1.29, 1.82) is 0 Å². The topological polar surface area (TPSA) is 34.1 Å². The van der Waals surface area contributed by atoms with Crippen LogP contribution in [0, 0.1) is 34.5 Å². The second-order valence-electron chi connectivity index (χ2n) is 8.67. The Bertz CT molecular complexity index is 496. The molecule has 0 aromatic carbocycles. The van der Waals surface area contributed by atoms with E-state index < -0.39 is 0 Å². The molecule has 0 heterocycles. The van der Waals surface area contributed by atoms with Gasteiger partial charge in [-0.1, -0.05) is 13.8 Å². The Labute approximate surface area is 128 Å². The van der Waals surface area contributed by atoms with E-state index >= 15 is 0 Å². The Hall–Kier alpha value is -0.660. The van der Waals surface area contributed by atoms with Crippen molar-refractivity contribution in [3.63, 3.8) is 0 Å². The van der Waals surface area contributed by atoms with Crippen molar-refractivity contribution in [3.8, 4) is 0 Å². The van der Waals surface area contributed by atoms with Gasteiger partial charge < -0.3 is 0 Å². The van der Waals surface area contributed by atoms with E-state index in [1.807, 2.05) is 0 Å². The first-order valence-electron chi connectivity index (χ1n) is 9.04. The van der Waals surface area contributed by atoms with Crippen molar-refractivity contribution in [2.45, 2.75) is 71.6 Å².